The van der Waals surface area contributed by atoms with E-state index in [0.29, 0.717) is 53.7 Å². The van der Waals surface area contributed by atoms with Gasteiger partial charge in [-0.25, -0.2) is 22.4 Å². The number of hydrogen-bond donors (Lipinski definition) is 1. The Kier molecular flexibility index (Phi) is 6.49. The average molecular weight is 614 g/mol. The second-order valence-electron chi connectivity index (χ2n) is 10.8. The Hall–Kier alpha value is -2.87. The van der Waals surface area contributed by atoms with E-state index in [9.17, 15) is 13.5 Å². The lowest BCUT2D eigenvalue weighted by Crippen LogP contribution is -2.43. The fraction of sp³-hybridized carbons (Fsp3) is 0.393. The molecule has 5 heterocycles. The van der Waals surface area contributed by atoms with Crippen molar-refractivity contribution >= 4 is 44.0 Å². The molecule has 214 valence electrons. The fourth-order valence-electron chi connectivity index (χ4n) is 5.75. The van der Waals surface area contributed by atoms with Crippen LogP contribution in [-0.4, -0.2) is 61.5 Å². The molecule has 2 fully saturated rings. The van der Waals surface area contributed by atoms with Crippen LogP contribution in [0.15, 0.2) is 66.4 Å². The van der Waals surface area contributed by atoms with Gasteiger partial charge in [0.25, 0.3) is 0 Å². The normalized spacial score (nSPS) is 24.6. The van der Waals surface area contributed by atoms with E-state index in [-0.39, 0.29) is 6.29 Å². The number of fused-ring (bicyclic) bond motifs is 1. The number of nitrogens with zero attached hydrogens (tertiary/aromatic N) is 5. The quantitative estimate of drug-likeness (QED) is 0.323. The first-order valence-electron chi connectivity index (χ1n) is 13.4. The molecule has 1 aliphatic heterocycles. The van der Waals surface area contributed by atoms with E-state index in [2.05, 4.69) is 15.1 Å². The van der Waals surface area contributed by atoms with Crippen molar-refractivity contribution in [1.82, 2.24) is 23.7 Å². The molecule has 1 saturated heterocycles. The number of ether oxygens (including phenoxy) is 2. The molecule has 2 atom stereocenters. The summed E-state index contributed by atoms with van der Waals surface area (Å²) in [6, 6.07) is 3.60. The van der Waals surface area contributed by atoms with Crippen LogP contribution in [0.4, 0.5) is 0 Å². The zero-order valence-corrected chi connectivity index (χ0v) is 24.6. The van der Waals surface area contributed by atoms with Crippen molar-refractivity contribution < 1.29 is 23.0 Å². The molecule has 10 nitrogen and oxygen atoms in total. The monoisotopic (exact) mass is 613 g/mol. The van der Waals surface area contributed by atoms with Gasteiger partial charge in [-0.1, -0.05) is 17.7 Å². The Morgan fingerprint density at radius 1 is 1.20 bits per heavy atom. The van der Waals surface area contributed by atoms with Crippen LogP contribution < -0.4 is 0 Å². The van der Waals surface area contributed by atoms with Crippen molar-refractivity contribution in [3.63, 3.8) is 0 Å². The van der Waals surface area contributed by atoms with Crippen LogP contribution in [-0.2, 0) is 31.6 Å². The maximum Gasteiger partial charge on any atom is 0.250 e. The van der Waals surface area contributed by atoms with Gasteiger partial charge in [-0.05, 0) is 56.0 Å². The standard InChI is InChI=1S/C28H28ClN5O5S2/c1-27(13-19(29)3-4-22(27)18-14-32-33(16-18)17-24-38-11-12-39-24)41(36,37)34-10-6-21-20(5-9-30-25(21)34)23-15-31-26(40-23)28(35)7-2-8-28/h3-6,9-10,13-16,22,24,35H,2,7-8,11-12,17H2,1H3. The average Bonchev–Trinajstić information content (AvgIpc) is 3.74. The van der Waals surface area contributed by atoms with E-state index in [1.807, 2.05) is 12.3 Å². The molecule has 1 N–H and O–H groups in total. The van der Waals surface area contributed by atoms with Gasteiger partial charge in [0.2, 0.25) is 10.0 Å². The summed E-state index contributed by atoms with van der Waals surface area (Å²) in [5.74, 6) is -0.568. The Morgan fingerprint density at radius 2 is 2.00 bits per heavy atom. The first kappa shape index (κ1) is 27.0. The predicted octanol–water partition coefficient (Wildman–Crippen LogP) is 4.51. The first-order valence-corrected chi connectivity index (χ1v) is 16.0. The highest BCUT2D eigenvalue weighted by molar-refractivity contribution is 7.91. The number of pyridine rings is 1. The number of hydrogen-bond acceptors (Lipinski definition) is 9. The van der Waals surface area contributed by atoms with Gasteiger partial charge in [0, 0.05) is 46.7 Å². The zero-order chi connectivity index (χ0) is 28.4. The van der Waals surface area contributed by atoms with Crippen LogP contribution in [0.1, 0.15) is 42.7 Å². The molecule has 13 heteroatoms. The molecule has 3 aliphatic rings. The third-order valence-corrected chi connectivity index (χ3v) is 12.0. The Bertz CT molecular complexity index is 1800. The van der Waals surface area contributed by atoms with Gasteiger partial charge in [-0.3, -0.25) is 4.68 Å². The predicted molar refractivity (Wildman–Crippen MR) is 155 cm³/mol. The molecule has 2 aliphatic carbocycles. The number of thiazole rings is 1. The molecule has 7 rings (SSSR count). The van der Waals surface area contributed by atoms with E-state index >= 15 is 0 Å². The number of halogens is 1. The minimum atomic E-state index is -4.10. The summed E-state index contributed by atoms with van der Waals surface area (Å²) in [5.41, 5.74) is 0.984. The Morgan fingerprint density at radius 3 is 2.76 bits per heavy atom. The highest BCUT2D eigenvalue weighted by atomic mass is 35.5. The molecule has 0 bridgehead atoms. The lowest BCUT2D eigenvalue weighted by atomic mass is 9.81. The van der Waals surface area contributed by atoms with Crippen molar-refractivity contribution in [2.75, 3.05) is 13.2 Å². The SMILES string of the molecule is CC1(S(=O)(=O)n2ccc3c(-c4cnc(C5(O)CCC5)s4)ccnc32)C=C(Cl)C=CC1c1cnn(CC2OCCO2)c1. The molecule has 0 spiro atoms. The van der Waals surface area contributed by atoms with Crippen LogP contribution in [0.5, 0.6) is 0 Å². The molecule has 4 aromatic rings. The van der Waals surface area contributed by atoms with E-state index < -0.39 is 26.3 Å². The fourth-order valence-corrected chi connectivity index (χ4v) is 9.04. The maximum absolute atomic E-state index is 14.5. The molecular weight excluding hydrogens is 586 g/mol. The van der Waals surface area contributed by atoms with Gasteiger partial charge < -0.3 is 14.6 Å². The molecule has 4 aromatic heterocycles. The van der Waals surface area contributed by atoms with Gasteiger partial charge in [-0.15, -0.1) is 11.3 Å². The third kappa shape index (κ3) is 4.39. The largest absolute Gasteiger partial charge is 0.383 e. The van der Waals surface area contributed by atoms with Crippen molar-refractivity contribution in [3.05, 3.63) is 76.9 Å². The van der Waals surface area contributed by atoms with Crippen molar-refractivity contribution in [3.8, 4) is 10.4 Å². The van der Waals surface area contributed by atoms with Crippen molar-refractivity contribution in [1.29, 1.82) is 0 Å². The van der Waals surface area contributed by atoms with Crippen LogP contribution in [0, 0.1) is 0 Å². The number of aromatic nitrogens is 5. The van der Waals surface area contributed by atoms with Gasteiger partial charge in [0.15, 0.2) is 11.9 Å². The molecule has 0 aromatic carbocycles. The summed E-state index contributed by atoms with van der Waals surface area (Å²) in [5, 5.41) is 16.9. The first-order chi connectivity index (χ1) is 19.7. The lowest BCUT2D eigenvalue weighted by Gasteiger charge is -2.35. The Balaban J connectivity index is 1.26. The van der Waals surface area contributed by atoms with E-state index in [1.54, 1.807) is 60.7 Å². The summed E-state index contributed by atoms with van der Waals surface area (Å²) < 4.78 is 41.6. The van der Waals surface area contributed by atoms with E-state index in [0.717, 1.165) is 22.4 Å². The lowest BCUT2D eigenvalue weighted by molar-refractivity contribution is -0.0545. The van der Waals surface area contributed by atoms with Gasteiger partial charge >= 0.3 is 0 Å². The number of aliphatic hydroxyl groups is 1. The molecule has 2 unspecified atom stereocenters. The second-order valence-corrected chi connectivity index (χ2v) is 14.5. The Labute approximate surface area is 245 Å². The third-order valence-electron chi connectivity index (χ3n) is 8.25. The zero-order valence-electron chi connectivity index (χ0n) is 22.2. The molecule has 0 amide bonds. The second kappa shape index (κ2) is 9.85. The summed E-state index contributed by atoms with van der Waals surface area (Å²) in [4.78, 5) is 9.82. The van der Waals surface area contributed by atoms with Gasteiger partial charge in [-0.2, -0.15) is 5.10 Å². The summed E-state index contributed by atoms with van der Waals surface area (Å²) in [6.07, 6.45) is 15.5. The molecule has 1 saturated carbocycles. The van der Waals surface area contributed by atoms with Crippen molar-refractivity contribution in [2.45, 2.75) is 55.3 Å². The van der Waals surface area contributed by atoms with Crippen LogP contribution >= 0.6 is 22.9 Å². The van der Waals surface area contributed by atoms with Gasteiger partial charge in [0.1, 0.15) is 15.4 Å². The minimum absolute atomic E-state index is 0.310. The highest BCUT2D eigenvalue weighted by Gasteiger charge is 2.48. The molecular formula is C28H28ClN5O5S2. The van der Waals surface area contributed by atoms with Crippen LogP contribution in [0.3, 0.4) is 0 Å². The van der Waals surface area contributed by atoms with Crippen molar-refractivity contribution in [2.24, 2.45) is 0 Å². The molecule has 41 heavy (non-hydrogen) atoms. The molecule has 0 radical (unpaired) electrons. The topological polar surface area (TPSA) is 121 Å². The van der Waals surface area contributed by atoms with E-state index in [4.69, 9.17) is 21.1 Å². The van der Waals surface area contributed by atoms with Crippen LogP contribution in [0.2, 0.25) is 0 Å². The van der Waals surface area contributed by atoms with E-state index in [1.165, 1.54) is 15.3 Å². The van der Waals surface area contributed by atoms with Gasteiger partial charge in [0.05, 0.1) is 30.8 Å². The minimum Gasteiger partial charge on any atom is -0.383 e. The smallest absolute Gasteiger partial charge is 0.250 e. The van der Waals surface area contributed by atoms with Crippen LogP contribution in [0.25, 0.3) is 21.5 Å². The maximum atomic E-state index is 14.5. The highest BCUT2D eigenvalue weighted by Crippen LogP contribution is 2.46. The summed E-state index contributed by atoms with van der Waals surface area (Å²) in [6.45, 7) is 3.15. The number of allylic oxidation sites excluding steroid dienone is 3. The summed E-state index contributed by atoms with van der Waals surface area (Å²) >= 11 is 7.85. The summed E-state index contributed by atoms with van der Waals surface area (Å²) in [7, 11) is -4.10. The number of rotatable bonds is 7.